The zero-order chi connectivity index (χ0) is 40.7. The molecule has 0 aliphatic rings. The van der Waals surface area contributed by atoms with Crippen LogP contribution in [-0.2, 0) is 38.4 Å². The van der Waals surface area contributed by atoms with E-state index in [1.165, 1.54) is 27.6 Å². The van der Waals surface area contributed by atoms with Gasteiger partial charge in [0.25, 0.3) is 0 Å². The Hall–Kier alpha value is -5.74. The molecule has 0 N–H and O–H groups in total. The Morgan fingerprint density at radius 1 is 0.667 bits per heavy atom. The molecule has 0 radical (unpaired) electrons. The Balaban J connectivity index is 0.00000499. The van der Waals surface area contributed by atoms with Crippen molar-refractivity contribution in [3.05, 3.63) is 215 Å². The monoisotopic (exact) mass is 958 g/mol. The number of aryl methyl sites for hydroxylation is 1. The molecule has 2 atom stereocenters. The van der Waals surface area contributed by atoms with E-state index in [1.807, 2.05) is 48.8 Å². The molecule has 5 aromatic carbocycles. The second kappa shape index (κ2) is 17.1. The molecule has 0 amide bonds. The molecule has 4 nitrogen and oxygen atoms in total. The maximum absolute atomic E-state index is 5.91. The van der Waals surface area contributed by atoms with Crippen LogP contribution in [0.4, 0.5) is 0 Å². The number of nitrogens with zero attached hydrogens (tertiary/aromatic N) is 4. The van der Waals surface area contributed by atoms with Gasteiger partial charge in [-0.3, -0.25) is 15.0 Å². The van der Waals surface area contributed by atoms with Gasteiger partial charge in [0.05, 0.1) is 28.4 Å². The van der Waals surface area contributed by atoms with Gasteiger partial charge in [0.2, 0.25) is 0 Å². The van der Waals surface area contributed by atoms with Gasteiger partial charge in [-0.1, -0.05) is 86.5 Å². The Kier molecular flexibility index (Phi) is 11.7. The van der Waals surface area contributed by atoms with Crippen LogP contribution in [-0.4, -0.2) is 19.4 Å². The number of hydrogen-bond donors (Lipinski definition) is 0. The zero-order valence-electron chi connectivity index (χ0n) is 35.1. The van der Waals surface area contributed by atoms with Gasteiger partial charge >= 0.3 is 20.1 Å². The molecular weight excluding hydrogens is 909 g/mol. The van der Waals surface area contributed by atoms with Crippen molar-refractivity contribution >= 4 is 27.3 Å². The molecule has 9 rings (SSSR count). The molecule has 0 saturated heterocycles. The first-order valence-corrected chi connectivity index (χ1v) is 20.9. The van der Waals surface area contributed by atoms with Crippen molar-refractivity contribution in [2.45, 2.75) is 65.7 Å². The minimum Gasteiger partial charge on any atom is -0.333 e. The van der Waals surface area contributed by atoms with Gasteiger partial charge in [0.1, 0.15) is 0 Å². The average Bonchev–Trinajstić information content (AvgIpc) is 3.64. The van der Waals surface area contributed by atoms with Gasteiger partial charge in [-0.2, -0.15) is 60.7 Å². The van der Waals surface area contributed by atoms with Crippen molar-refractivity contribution in [3.8, 4) is 11.3 Å². The summed E-state index contributed by atoms with van der Waals surface area (Å²) in [7, 11) is 0. The summed E-state index contributed by atoms with van der Waals surface area (Å²) < 4.78 is 2.47. The summed E-state index contributed by atoms with van der Waals surface area (Å²) in [5, 5.41) is 3.29. The van der Waals surface area contributed by atoms with Gasteiger partial charge in [-0.25, -0.2) is 0 Å². The molecule has 0 aliphatic heterocycles. The number of imidazole rings is 1. The van der Waals surface area contributed by atoms with Crippen molar-refractivity contribution in [2.24, 2.45) is 11.8 Å². The molecule has 4 aromatic heterocycles. The van der Waals surface area contributed by atoms with Crippen LogP contribution in [0.5, 0.6) is 0 Å². The van der Waals surface area contributed by atoms with Crippen molar-refractivity contribution in [1.29, 1.82) is 0 Å². The fourth-order valence-corrected chi connectivity index (χ4v) is 9.18. The first-order valence-electron chi connectivity index (χ1n) is 20.9. The largest absolute Gasteiger partial charge is 3.00 e. The Bertz CT molecular complexity index is 2790. The van der Waals surface area contributed by atoms with Crippen molar-refractivity contribution in [3.63, 3.8) is 0 Å². The van der Waals surface area contributed by atoms with Crippen molar-refractivity contribution < 1.29 is 20.1 Å². The molecule has 1 unspecified atom stereocenters. The molecule has 298 valence electrons. The molecule has 0 spiro atoms. The first kappa shape index (κ1) is 41.0. The second-order valence-electron chi connectivity index (χ2n) is 16.9. The summed E-state index contributed by atoms with van der Waals surface area (Å²) in [5.41, 5.74) is 13.5. The third kappa shape index (κ3) is 7.29. The van der Waals surface area contributed by atoms with E-state index in [4.69, 9.17) is 15.0 Å². The summed E-state index contributed by atoms with van der Waals surface area (Å²) in [6.45, 7) is 13.7. The third-order valence-electron chi connectivity index (χ3n) is 11.8. The minimum absolute atomic E-state index is 0. The van der Waals surface area contributed by atoms with E-state index in [-0.39, 0.29) is 26.0 Å². The number of aromatic nitrogens is 4. The van der Waals surface area contributed by atoms with Crippen LogP contribution in [0.2, 0.25) is 0 Å². The summed E-state index contributed by atoms with van der Waals surface area (Å²) in [4.78, 5) is 15.9. The quantitative estimate of drug-likeness (QED) is 0.0958. The van der Waals surface area contributed by atoms with Gasteiger partial charge in [-0.05, 0) is 85.4 Å². The molecule has 5 heteroatoms. The van der Waals surface area contributed by atoms with Crippen LogP contribution in [0.25, 0.3) is 38.6 Å². The van der Waals surface area contributed by atoms with Gasteiger partial charge in [0.15, 0.2) is 0 Å². The van der Waals surface area contributed by atoms with E-state index < -0.39 is 5.41 Å². The van der Waals surface area contributed by atoms with Crippen LogP contribution >= 0.6 is 0 Å². The summed E-state index contributed by atoms with van der Waals surface area (Å²) in [5.74, 6) is 0.617. The Morgan fingerprint density at radius 2 is 1.35 bits per heavy atom. The zero-order valence-corrected chi connectivity index (χ0v) is 37.5. The number of benzene rings is 5. The van der Waals surface area contributed by atoms with Crippen LogP contribution in [0.3, 0.4) is 0 Å². The molecule has 60 heavy (non-hydrogen) atoms. The summed E-state index contributed by atoms with van der Waals surface area (Å²) in [6.07, 6.45) is 5.65. The Morgan fingerprint density at radius 3 is 1.98 bits per heavy atom. The molecule has 0 fully saturated rings. The third-order valence-corrected chi connectivity index (χ3v) is 11.8. The molecular formula is C55H49IrN4. The summed E-state index contributed by atoms with van der Waals surface area (Å²) in [6, 6.07) is 58.3. The van der Waals surface area contributed by atoms with E-state index in [9.17, 15) is 0 Å². The summed E-state index contributed by atoms with van der Waals surface area (Å²) >= 11 is 0. The molecule has 9 aromatic rings. The number of fused-ring (bicyclic) bond motifs is 6. The van der Waals surface area contributed by atoms with Gasteiger partial charge in [0, 0.05) is 34.8 Å². The number of pyridine rings is 3. The normalized spacial score (nSPS) is 13.2. The van der Waals surface area contributed by atoms with E-state index in [0.717, 1.165) is 74.2 Å². The molecule has 0 aliphatic carbocycles. The van der Waals surface area contributed by atoms with Crippen molar-refractivity contribution in [1.82, 2.24) is 19.4 Å². The van der Waals surface area contributed by atoms with Crippen LogP contribution in [0.15, 0.2) is 146 Å². The van der Waals surface area contributed by atoms with E-state index >= 15 is 0 Å². The SMILES string of the molecule is Cc1cccc2c1c1ccc(C(C)(c3[c-]cccc3)c3ccccn3)[c-]c1c1nc([C@@H](c3[c-]cccc3)c3ccccn3)c(-c3c(CC(C)C)cccc3CC(C)C)n21.[Ir+3]. The first-order chi connectivity index (χ1) is 28.7. The van der Waals surface area contributed by atoms with Crippen molar-refractivity contribution in [2.75, 3.05) is 0 Å². The molecule has 0 saturated carbocycles. The predicted octanol–water partition coefficient (Wildman–Crippen LogP) is 12.7. The van der Waals surface area contributed by atoms with Crippen LogP contribution in [0, 0.1) is 37.0 Å². The number of hydrogen-bond acceptors (Lipinski definition) is 3. The predicted molar refractivity (Wildman–Crippen MR) is 242 cm³/mol. The molecule has 0 bridgehead atoms. The maximum atomic E-state index is 5.91. The van der Waals surface area contributed by atoms with Gasteiger partial charge in [-0.15, -0.1) is 34.9 Å². The molecule has 4 heterocycles. The van der Waals surface area contributed by atoms with Crippen LogP contribution in [0.1, 0.15) is 91.0 Å². The van der Waals surface area contributed by atoms with Gasteiger partial charge < -0.3 is 4.40 Å². The number of rotatable bonds is 11. The maximum Gasteiger partial charge on any atom is 3.00 e. The second-order valence-corrected chi connectivity index (χ2v) is 16.9. The Labute approximate surface area is 368 Å². The van der Waals surface area contributed by atoms with E-state index in [2.05, 4.69) is 161 Å². The van der Waals surface area contributed by atoms with E-state index in [0.29, 0.717) is 11.8 Å². The fourth-order valence-electron chi connectivity index (χ4n) is 9.18. The fraction of sp³-hybridized carbons (Fsp3) is 0.218. The van der Waals surface area contributed by atoms with E-state index in [1.54, 1.807) is 0 Å². The van der Waals surface area contributed by atoms with Crippen LogP contribution < -0.4 is 0 Å². The average molecular weight is 958 g/mol. The minimum atomic E-state index is -0.642. The smallest absolute Gasteiger partial charge is 0.333 e. The topological polar surface area (TPSA) is 43.1 Å². The standard InChI is InChI=1S/C55H49N4.Ir/c1-36(2)33-40-22-18-23-41(34-37(3)4)50(40)53-52(51(39-20-9-7-10-21-39)46-26-13-15-31-56-46)58-54-45-35-43(29-30-44(45)49-38(5)19-17-27-47(49)59(53)54)55(6,42-24-11-8-12-25-42)48-28-14-16-32-57-48;/h7-20,22-24,26-32,36-37,51H,33-34H2,1-6H3;/q-3;+3/t51-,55?;/m0./s1.